The van der Waals surface area contributed by atoms with Gasteiger partial charge in [0.15, 0.2) is 0 Å². The SMILES string of the molecule is O=C1C2CCS(=O)CN2C(=O)N1c1ccc(Cl)cc1. The number of imide groups is 1. The van der Waals surface area contributed by atoms with Crippen molar-refractivity contribution in [1.82, 2.24) is 4.90 Å². The van der Waals surface area contributed by atoms with Gasteiger partial charge < -0.3 is 4.90 Å². The molecule has 3 amide bonds. The Morgan fingerprint density at radius 3 is 2.58 bits per heavy atom. The Balaban J connectivity index is 1.95. The topological polar surface area (TPSA) is 57.7 Å². The first-order chi connectivity index (χ1) is 9.08. The first-order valence-electron chi connectivity index (χ1n) is 5.83. The number of anilines is 1. The Bertz CT molecular complexity index is 575. The van der Waals surface area contributed by atoms with Crippen LogP contribution >= 0.6 is 11.6 Å². The van der Waals surface area contributed by atoms with E-state index in [1.54, 1.807) is 24.3 Å². The van der Waals surface area contributed by atoms with Crippen molar-refractivity contribution in [2.75, 3.05) is 16.5 Å². The summed E-state index contributed by atoms with van der Waals surface area (Å²) in [7, 11) is -1.06. The number of benzene rings is 1. The molecule has 2 unspecified atom stereocenters. The number of hydrogen-bond donors (Lipinski definition) is 0. The number of carbonyl (C=O) groups excluding carboxylic acids is 2. The normalized spacial score (nSPS) is 26.8. The lowest BCUT2D eigenvalue weighted by molar-refractivity contribution is -0.119. The minimum Gasteiger partial charge on any atom is -0.300 e. The summed E-state index contributed by atoms with van der Waals surface area (Å²) in [5, 5.41) is 0.543. The number of hydrogen-bond acceptors (Lipinski definition) is 3. The second-order valence-corrected chi connectivity index (χ2v) is 6.46. The van der Waals surface area contributed by atoms with Gasteiger partial charge >= 0.3 is 6.03 Å². The van der Waals surface area contributed by atoms with E-state index >= 15 is 0 Å². The fourth-order valence-electron chi connectivity index (χ4n) is 2.35. The van der Waals surface area contributed by atoms with E-state index in [4.69, 9.17) is 11.6 Å². The highest BCUT2D eigenvalue weighted by molar-refractivity contribution is 7.85. The van der Waals surface area contributed by atoms with Crippen molar-refractivity contribution in [3.63, 3.8) is 0 Å². The van der Waals surface area contributed by atoms with Crippen molar-refractivity contribution in [3.05, 3.63) is 29.3 Å². The molecule has 19 heavy (non-hydrogen) atoms. The van der Waals surface area contributed by atoms with Crippen LogP contribution in [0, 0.1) is 0 Å². The zero-order valence-corrected chi connectivity index (χ0v) is 11.5. The van der Waals surface area contributed by atoms with Crippen LogP contribution in [0.15, 0.2) is 24.3 Å². The van der Waals surface area contributed by atoms with Crippen molar-refractivity contribution < 1.29 is 13.8 Å². The van der Waals surface area contributed by atoms with Crippen LogP contribution in [0.5, 0.6) is 0 Å². The molecule has 100 valence electrons. The maximum absolute atomic E-state index is 12.3. The van der Waals surface area contributed by atoms with Crippen LogP contribution in [-0.4, -0.2) is 38.7 Å². The van der Waals surface area contributed by atoms with Crippen LogP contribution in [-0.2, 0) is 15.6 Å². The van der Waals surface area contributed by atoms with Gasteiger partial charge in [-0.3, -0.25) is 9.00 Å². The molecule has 5 nitrogen and oxygen atoms in total. The number of nitrogens with zero attached hydrogens (tertiary/aromatic N) is 2. The number of rotatable bonds is 1. The lowest BCUT2D eigenvalue weighted by Gasteiger charge is -2.25. The zero-order valence-electron chi connectivity index (χ0n) is 9.91. The molecule has 0 radical (unpaired) electrons. The highest BCUT2D eigenvalue weighted by Gasteiger charge is 2.48. The molecule has 2 saturated heterocycles. The van der Waals surface area contributed by atoms with Crippen molar-refractivity contribution >= 4 is 40.0 Å². The minimum absolute atomic E-state index is 0.138. The van der Waals surface area contributed by atoms with Gasteiger partial charge in [0.05, 0.1) is 11.6 Å². The van der Waals surface area contributed by atoms with Gasteiger partial charge in [0, 0.05) is 21.6 Å². The predicted molar refractivity (Wildman–Crippen MR) is 72.5 cm³/mol. The summed E-state index contributed by atoms with van der Waals surface area (Å²) in [6, 6.07) is 5.66. The summed E-state index contributed by atoms with van der Waals surface area (Å²) in [6.45, 7) is 0. The van der Waals surface area contributed by atoms with E-state index < -0.39 is 22.9 Å². The largest absolute Gasteiger partial charge is 0.332 e. The Hall–Kier alpha value is -1.40. The maximum Gasteiger partial charge on any atom is 0.332 e. The molecule has 2 fully saturated rings. The molecule has 0 aliphatic carbocycles. The standard InChI is InChI=1S/C12H11ClN2O3S/c13-8-1-3-9(4-2-8)15-11(16)10-5-6-19(18)7-14(10)12(15)17/h1-4,10H,5-7H2. The molecule has 2 aliphatic rings. The molecular weight excluding hydrogens is 288 g/mol. The van der Waals surface area contributed by atoms with E-state index in [1.165, 1.54) is 4.90 Å². The second kappa shape index (κ2) is 4.61. The van der Waals surface area contributed by atoms with Crippen LogP contribution in [0.1, 0.15) is 6.42 Å². The van der Waals surface area contributed by atoms with E-state index in [0.29, 0.717) is 22.9 Å². The van der Waals surface area contributed by atoms with Gasteiger partial charge in [-0.2, -0.15) is 0 Å². The second-order valence-electron chi connectivity index (χ2n) is 4.48. The average molecular weight is 299 g/mol. The molecule has 0 aromatic heterocycles. The molecule has 0 bridgehead atoms. The van der Waals surface area contributed by atoms with E-state index in [9.17, 15) is 13.8 Å². The fraction of sp³-hybridized carbons (Fsp3) is 0.333. The van der Waals surface area contributed by atoms with Gasteiger partial charge in [-0.15, -0.1) is 0 Å². The van der Waals surface area contributed by atoms with Crippen molar-refractivity contribution in [2.45, 2.75) is 12.5 Å². The van der Waals surface area contributed by atoms with E-state index in [1.807, 2.05) is 0 Å². The molecule has 2 atom stereocenters. The Kier molecular flexibility index (Phi) is 3.06. The van der Waals surface area contributed by atoms with Gasteiger partial charge in [0.25, 0.3) is 5.91 Å². The van der Waals surface area contributed by atoms with Crippen molar-refractivity contribution in [1.29, 1.82) is 0 Å². The molecule has 0 N–H and O–H groups in total. The molecule has 0 spiro atoms. The predicted octanol–water partition coefficient (Wildman–Crippen LogP) is 1.59. The van der Waals surface area contributed by atoms with E-state index in [-0.39, 0.29) is 11.8 Å². The Labute approximate surface area is 117 Å². The molecule has 0 saturated carbocycles. The van der Waals surface area contributed by atoms with Gasteiger partial charge in [-0.1, -0.05) is 11.6 Å². The van der Waals surface area contributed by atoms with Gasteiger partial charge in [-0.05, 0) is 30.7 Å². The first kappa shape index (κ1) is 12.6. The molecule has 1 aromatic carbocycles. The van der Waals surface area contributed by atoms with Crippen LogP contribution in [0.2, 0.25) is 5.02 Å². The Morgan fingerprint density at radius 2 is 1.89 bits per heavy atom. The van der Waals surface area contributed by atoms with Crippen LogP contribution < -0.4 is 4.90 Å². The van der Waals surface area contributed by atoms with Crippen molar-refractivity contribution in [2.24, 2.45) is 0 Å². The molecule has 3 rings (SSSR count). The average Bonchev–Trinajstić information content (AvgIpc) is 2.63. The molecular formula is C12H11ClN2O3S. The summed E-state index contributed by atoms with van der Waals surface area (Å²) in [5.41, 5.74) is 0.500. The summed E-state index contributed by atoms with van der Waals surface area (Å²) < 4.78 is 11.5. The Morgan fingerprint density at radius 1 is 1.21 bits per heavy atom. The third-order valence-electron chi connectivity index (χ3n) is 3.31. The first-order valence-corrected chi connectivity index (χ1v) is 7.69. The van der Waals surface area contributed by atoms with Crippen molar-refractivity contribution in [3.8, 4) is 0 Å². The van der Waals surface area contributed by atoms with Gasteiger partial charge in [-0.25, -0.2) is 9.69 Å². The van der Waals surface area contributed by atoms with Gasteiger partial charge in [0.2, 0.25) is 0 Å². The third kappa shape index (κ3) is 2.04. The number of halogens is 1. The zero-order chi connectivity index (χ0) is 13.6. The highest BCUT2D eigenvalue weighted by atomic mass is 35.5. The maximum atomic E-state index is 12.3. The molecule has 2 heterocycles. The highest BCUT2D eigenvalue weighted by Crippen LogP contribution is 2.29. The number of amides is 3. The molecule has 1 aromatic rings. The minimum atomic E-state index is -1.06. The summed E-state index contributed by atoms with van der Waals surface area (Å²) >= 11 is 5.79. The summed E-state index contributed by atoms with van der Waals surface area (Å²) in [4.78, 5) is 27.1. The van der Waals surface area contributed by atoms with E-state index in [2.05, 4.69) is 0 Å². The third-order valence-corrected chi connectivity index (χ3v) is 4.81. The van der Waals surface area contributed by atoms with Gasteiger partial charge in [0.1, 0.15) is 6.04 Å². The van der Waals surface area contributed by atoms with Crippen LogP contribution in [0.3, 0.4) is 0 Å². The number of carbonyl (C=O) groups is 2. The number of fused-ring (bicyclic) bond motifs is 1. The smallest absolute Gasteiger partial charge is 0.300 e. The monoisotopic (exact) mass is 298 g/mol. The van der Waals surface area contributed by atoms with Crippen LogP contribution in [0.4, 0.5) is 10.5 Å². The molecule has 7 heteroatoms. The van der Waals surface area contributed by atoms with E-state index in [0.717, 1.165) is 4.90 Å². The lowest BCUT2D eigenvalue weighted by Crippen LogP contribution is -2.43. The van der Waals surface area contributed by atoms with Crippen LogP contribution in [0.25, 0.3) is 0 Å². The number of urea groups is 1. The quantitative estimate of drug-likeness (QED) is 0.740. The lowest BCUT2D eigenvalue weighted by atomic mass is 10.2. The summed E-state index contributed by atoms with van der Waals surface area (Å²) in [5.74, 6) is 0.359. The summed E-state index contributed by atoms with van der Waals surface area (Å²) in [6.07, 6.45) is 0.460. The fourth-order valence-corrected chi connectivity index (χ4v) is 3.70. The molecule has 2 aliphatic heterocycles.